The number of ether oxygens (including phenoxy) is 1. The molecule has 1 saturated heterocycles. The molecule has 218 valence electrons. The third kappa shape index (κ3) is 6.70. The molecule has 0 amide bonds. The maximum Gasteiger partial charge on any atom is 0.249 e. The highest BCUT2D eigenvalue weighted by atomic mass is 32.2. The number of nitrogens with one attached hydrogen (secondary N) is 2. The normalized spacial score (nSPS) is 17.0. The Hall–Kier alpha value is -3.24. The van der Waals surface area contributed by atoms with Gasteiger partial charge in [0.05, 0.1) is 18.3 Å². The summed E-state index contributed by atoms with van der Waals surface area (Å²) >= 11 is 3.65. The zero-order valence-electron chi connectivity index (χ0n) is 24.3. The van der Waals surface area contributed by atoms with Crippen LogP contribution in [-0.2, 0) is 4.74 Å². The SMILES string of the molecule is Cc1ccc(C(CCCN(C)C)Nc2ccc3c(c2)Sc2cccc(C4CN(c5cc[nH]c(=O)c5)CCO4)c2S3)nc1. The van der Waals surface area contributed by atoms with Crippen LogP contribution in [-0.4, -0.2) is 55.2 Å². The summed E-state index contributed by atoms with van der Waals surface area (Å²) in [6.07, 6.45) is 5.71. The van der Waals surface area contributed by atoms with Crippen LogP contribution in [0.3, 0.4) is 0 Å². The molecule has 9 heteroatoms. The number of hydrogen-bond donors (Lipinski definition) is 2. The molecule has 42 heavy (non-hydrogen) atoms. The van der Waals surface area contributed by atoms with Gasteiger partial charge in [-0.2, -0.15) is 0 Å². The van der Waals surface area contributed by atoms with E-state index in [0.717, 1.165) is 43.0 Å². The minimum Gasteiger partial charge on any atom is -0.377 e. The van der Waals surface area contributed by atoms with Crippen LogP contribution in [0.4, 0.5) is 11.4 Å². The van der Waals surface area contributed by atoms with Crippen LogP contribution in [0.2, 0.25) is 0 Å². The summed E-state index contributed by atoms with van der Waals surface area (Å²) in [4.78, 5) is 28.9. The number of hydrogen-bond acceptors (Lipinski definition) is 8. The Kier molecular flexibility index (Phi) is 8.90. The van der Waals surface area contributed by atoms with Gasteiger partial charge in [-0.05, 0) is 87.9 Å². The van der Waals surface area contributed by atoms with E-state index in [2.05, 4.69) is 89.7 Å². The van der Waals surface area contributed by atoms with Crippen LogP contribution < -0.4 is 15.8 Å². The van der Waals surface area contributed by atoms with E-state index in [4.69, 9.17) is 9.72 Å². The molecule has 0 spiro atoms. The second-order valence-electron chi connectivity index (χ2n) is 11.2. The number of morpholine rings is 1. The zero-order chi connectivity index (χ0) is 29.1. The number of aryl methyl sites for hydroxylation is 1. The van der Waals surface area contributed by atoms with Crippen molar-refractivity contribution in [3.8, 4) is 0 Å². The van der Waals surface area contributed by atoms with E-state index in [1.807, 2.05) is 35.8 Å². The number of anilines is 2. The van der Waals surface area contributed by atoms with Gasteiger partial charge in [-0.1, -0.05) is 41.7 Å². The van der Waals surface area contributed by atoms with Crippen LogP contribution in [0.15, 0.2) is 97.4 Å². The highest BCUT2D eigenvalue weighted by Gasteiger charge is 2.28. The molecule has 2 unspecified atom stereocenters. The van der Waals surface area contributed by atoms with Crippen molar-refractivity contribution in [1.82, 2.24) is 14.9 Å². The highest BCUT2D eigenvalue weighted by Crippen LogP contribution is 2.52. The first-order valence-electron chi connectivity index (χ1n) is 14.4. The first kappa shape index (κ1) is 28.9. The number of rotatable bonds is 9. The fourth-order valence-electron chi connectivity index (χ4n) is 5.46. The van der Waals surface area contributed by atoms with E-state index in [0.29, 0.717) is 13.2 Å². The van der Waals surface area contributed by atoms with Gasteiger partial charge in [0.1, 0.15) is 6.10 Å². The van der Waals surface area contributed by atoms with Crippen LogP contribution in [0.25, 0.3) is 0 Å². The summed E-state index contributed by atoms with van der Waals surface area (Å²) in [5.41, 5.74) is 5.43. The third-order valence-corrected chi connectivity index (χ3v) is 10.3. The van der Waals surface area contributed by atoms with Gasteiger partial charge >= 0.3 is 0 Å². The average Bonchev–Trinajstić information content (AvgIpc) is 2.99. The standard InChI is InChI=1S/C33H37N5O2S2/c1-22-9-11-26(35-20-22)27(7-5-15-37(2)3)36-23-10-12-29-31(18-23)41-30-8-4-6-25(33(30)42-29)28-21-38(16-17-40-28)24-13-14-34-32(39)19-24/h4,6,8-14,18-20,27-28,36H,5,7,15-17,21H2,1-3H3,(H,34,39). The number of aromatic nitrogens is 2. The summed E-state index contributed by atoms with van der Waals surface area (Å²) in [6, 6.07) is 21.3. The van der Waals surface area contributed by atoms with Gasteiger partial charge in [-0.3, -0.25) is 9.78 Å². The van der Waals surface area contributed by atoms with Crippen molar-refractivity contribution in [2.45, 2.75) is 51.5 Å². The predicted molar refractivity (Wildman–Crippen MR) is 172 cm³/mol. The van der Waals surface area contributed by atoms with Crippen LogP contribution in [0.5, 0.6) is 0 Å². The van der Waals surface area contributed by atoms with Crippen molar-refractivity contribution in [3.63, 3.8) is 0 Å². The molecule has 2 atom stereocenters. The van der Waals surface area contributed by atoms with Gasteiger partial charge in [0.2, 0.25) is 5.56 Å². The lowest BCUT2D eigenvalue weighted by molar-refractivity contribution is 0.0379. The fraction of sp³-hybridized carbons (Fsp3) is 0.333. The number of H-pyrrole nitrogens is 1. The van der Waals surface area contributed by atoms with Crippen molar-refractivity contribution in [3.05, 3.63) is 100 Å². The minimum atomic E-state index is -0.0833. The van der Waals surface area contributed by atoms with Crippen LogP contribution in [0, 0.1) is 6.92 Å². The maximum atomic E-state index is 11.9. The largest absolute Gasteiger partial charge is 0.377 e. The van der Waals surface area contributed by atoms with E-state index in [-0.39, 0.29) is 17.7 Å². The van der Waals surface area contributed by atoms with Gasteiger partial charge in [0, 0.05) is 62.5 Å². The van der Waals surface area contributed by atoms with Gasteiger partial charge in [-0.25, -0.2) is 0 Å². The maximum absolute atomic E-state index is 11.9. The topological polar surface area (TPSA) is 73.5 Å². The molecule has 0 saturated carbocycles. The Labute approximate surface area is 256 Å². The zero-order valence-corrected chi connectivity index (χ0v) is 25.9. The molecule has 1 fully saturated rings. The van der Waals surface area contributed by atoms with Gasteiger partial charge in [0.25, 0.3) is 0 Å². The Bertz CT molecular complexity index is 1590. The molecule has 6 rings (SSSR count). The summed E-state index contributed by atoms with van der Waals surface area (Å²) < 4.78 is 6.29. The number of benzene rings is 2. The lowest BCUT2D eigenvalue weighted by atomic mass is 10.1. The molecule has 0 aliphatic carbocycles. The first-order chi connectivity index (χ1) is 20.4. The molecule has 0 radical (unpaired) electrons. The summed E-state index contributed by atoms with van der Waals surface area (Å²) in [6.45, 7) is 5.23. The molecular formula is C33H37N5O2S2. The smallest absolute Gasteiger partial charge is 0.249 e. The Balaban J connectivity index is 1.20. The lowest BCUT2D eigenvalue weighted by Gasteiger charge is -2.36. The Morgan fingerprint density at radius 3 is 2.81 bits per heavy atom. The van der Waals surface area contributed by atoms with E-state index in [1.54, 1.807) is 12.3 Å². The predicted octanol–water partition coefficient (Wildman–Crippen LogP) is 6.77. The second-order valence-corrected chi connectivity index (χ2v) is 13.3. The average molecular weight is 600 g/mol. The number of fused-ring (bicyclic) bond motifs is 2. The summed E-state index contributed by atoms with van der Waals surface area (Å²) in [7, 11) is 4.24. The quantitative estimate of drug-likeness (QED) is 0.192. The van der Waals surface area contributed by atoms with Crippen LogP contribution in [0.1, 0.15) is 41.8 Å². The van der Waals surface area contributed by atoms with Crippen molar-refractivity contribution in [2.75, 3.05) is 50.6 Å². The minimum absolute atomic E-state index is 0.0616. The molecule has 2 aromatic carbocycles. The van der Waals surface area contributed by atoms with Gasteiger partial charge in [0.15, 0.2) is 0 Å². The monoisotopic (exact) mass is 599 g/mol. The number of pyridine rings is 2. The fourth-order valence-corrected chi connectivity index (χ4v) is 7.91. The molecule has 2 N–H and O–H groups in total. The Morgan fingerprint density at radius 1 is 1.10 bits per heavy atom. The van der Waals surface area contributed by atoms with Crippen molar-refractivity contribution in [1.29, 1.82) is 0 Å². The number of nitrogens with zero attached hydrogens (tertiary/aromatic N) is 3. The van der Waals surface area contributed by atoms with E-state index < -0.39 is 0 Å². The van der Waals surface area contributed by atoms with E-state index >= 15 is 0 Å². The third-order valence-electron chi connectivity index (χ3n) is 7.65. The lowest BCUT2D eigenvalue weighted by Crippen LogP contribution is -2.39. The van der Waals surface area contributed by atoms with Crippen molar-refractivity contribution < 1.29 is 4.74 Å². The molecule has 4 aromatic rings. The number of aromatic amines is 1. The summed E-state index contributed by atoms with van der Waals surface area (Å²) in [5.74, 6) is 0. The highest BCUT2D eigenvalue weighted by molar-refractivity contribution is 8.05. The molecular weight excluding hydrogens is 563 g/mol. The van der Waals surface area contributed by atoms with Crippen molar-refractivity contribution >= 4 is 34.9 Å². The first-order valence-corrected chi connectivity index (χ1v) is 16.1. The van der Waals surface area contributed by atoms with Gasteiger partial charge < -0.3 is 24.8 Å². The molecule has 2 aromatic heterocycles. The summed E-state index contributed by atoms with van der Waals surface area (Å²) in [5, 5.41) is 3.80. The molecule has 4 heterocycles. The Morgan fingerprint density at radius 2 is 2.00 bits per heavy atom. The molecule has 2 aliphatic heterocycles. The van der Waals surface area contributed by atoms with E-state index in [9.17, 15) is 4.79 Å². The second kappa shape index (κ2) is 13.0. The van der Waals surface area contributed by atoms with E-state index in [1.165, 1.54) is 30.7 Å². The van der Waals surface area contributed by atoms with Crippen LogP contribution >= 0.6 is 23.5 Å². The van der Waals surface area contributed by atoms with Crippen molar-refractivity contribution in [2.24, 2.45) is 0 Å². The molecule has 2 aliphatic rings. The van der Waals surface area contributed by atoms with Gasteiger partial charge in [-0.15, -0.1) is 0 Å². The molecule has 0 bridgehead atoms. The molecule has 7 nitrogen and oxygen atoms in total.